The second-order valence-electron chi connectivity index (χ2n) is 4.32. The molecule has 0 fully saturated rings. The van der Waals surface area contributed by atoms with E-state index in [9.17, 15) is 18.3 Å². The number of hydrogen-bond donors (Lipinski definition) is 1. The van der Waals surface area contributed by atoms with Gasteiger partial charge in [0, 0.05) is 17.1 Å². The van der Waals surface area contributed by atoms with Gasteiger partial charge >= 0.3 is 6.18 Å². The molecule has 0 radical (unpaired) electrons. The smallest absolute Gasteiger partial charge is 0.386 e. The Labute approximate surface area is 122 Å². The first-order valence-corrected chi connectivity index (χ1v) is 6.61. The van der Waals surface area contributed by atoms with E-state index < -0.39 is 17.8 Å². The number of alkyl halides is 3. The van der Waals surface area contributed by atoms with Crippen molar-refractivity contribution in [2.75, 3.05) is 0 Å². The summed E-state index contributed by atoms with van der Waals surface area (Å²) >= 11 is 3.30. The van der Waals surface area contributed by atoms with E-state index in [4.69, 9.17) is 0 Å². The van der Waals surface area contributed by atoms with Crippen LogP contribution in [0.15, 0.2) is 47.1 Å². The molecule has 1 N–H and O–H groups in total. The molecule has 0 saturated heterocycles. The molecule has 2 aromatic rings. The number of halogens is 4. The maximum atomic E-state index is 12.4. The van der Waals surface area contributed by atoms with E-state index in [2.05, 4.69) is 20.9 Å². The highest BCUT2D eigenvalue weighted by molar-refractivity contribution is 9.10. The first-order valence-electron chi connectivity index (χ1n) is 5.82. The lowest BCUT2D eigenvalue weighted by Gasteiger charge is -2.12. The van der Waals surface area contributed by atoms with Gasteiger partial charge in [0.2, 0.25) is 0 Å². The molecule has 1 atom stereocenters. The van der Waals surface area contributed by atoms with Gasteiger partial charge in [-0.25, -0.2) is 0 Å². The van der Waals surface area contributed by atoms with Crippen LogP contribution in [-0.2, 0) is 12.6 Å². The van der Waals surface area contributed by atoms with Crippen LogP contribution in [0.4, 0.5) is 13.2 Å². The van der Waals surface area contributed by atoms with Crippen molar-refractivity contribution in [1.29, 1.82) is 0 Å². The van der Waals surface area contributed by atoms with Crippen LogP contribution in [0, 0.1) is 0 Å². The predicted molar refractivity (Wildman–Crippen MR) is 72.0 cm³/mol. The van der Waals surface area contributed by atoms with Gasteiger partial charge in [-0.15, -0.1) is 0 Å². The summed E-state index contributed by atoms with van der Waals surface area (Å²) < 4.78 is 38.1. The molecule has 1 heterocycles. The largest absolute Gasteiger partial charge is 0.417 e. The molecule has 0 amide bonds. The van der Waals surface area contributed by atoms with Crippen molar-refractivity contribution >= 4 is 15.9 Å². The van der Waals surface area contributed by atoms with Gasteiger partial charge in [0.15, 0.2) is 0 Å². The summed E-state index contributed by atoms with van der Waals surface area (Å²) in [5.41, 5.74) is 0.278. The highest BCUT2D eigenvalue weighted by Crippen LogP contribution is 2.29. The molecular formula is C14H11BrF3NO. The van der Waals surface area contributed by atoms with Crippen LogP contribution < -0.4 is 0 Å². The number of aromatic nitrogens is 1. The highest BCUT2D eigenvalue weighted by Gasteiger charge is 2.30. The Hall–Kier alpha value is -1.40. The molecule has 1 aromatic carbocycles. The zero-order valence-corrected chi connectivity index (χ0v) is 11.8. The Morgan fingerprint density at radius 2 is 1.75 bits per heavy atom. The van der Waals surface area contributed by atoms with Gasteiger partial charge in [-0.05, 0) is 29.8 Å². The van der Waals surface area contributed by atoms with Crippen LogP contribution >= 0.6 is 15.9 Å². The Kier molecular flexibility index (Phi) is 4.45. The van der Waals surface area contributed by atoms with E-state index >= 15 is 0 Å². The number of aliphatic hydroxyl groups is 1. The predicted octanol–water partition coefficient (Wildman–Crippen LogP) is 4.14. The molecule has 2 nitrogen and oxygen atoms in total. The molecule has 1 unspecified atom stereocenters. The van der Waals surface area contributed by atoms with Gasteiger partial charge in [0.1, 0.15) is 0 Å². The second-order valence-corrected chi connectivity index (χ2v) is 5.23. The Bertz CT molecular complexity index is 566. The number of benzene rings is 1. The van der Waals surface area contributed by atoms with Gasteiger partial charge in [0.05, 0.1) is 17.4 Å². The normalized spacial score (nSPS) is 13.2. The summed E-state index contributed by atoms with van der Waals surface area (Å²) in [5.74, 6) is 0. The van der Waals surface area contributed by atoms with Gasteiger partial charge in [-0.3, -0.25) is 4.98 Å². The molecule has 0 bridgehead atoms. The van der Waals surface area contributed by atoms with E-state index in [0.29, 0.717) is 6.42 Å². The lowest BCUT2D eigenvalue weighted by molar-refractivity contribution is -0.137. The van der Waals surface area contributed by atoms with Crippen LogP contribution in [0.1, 0.15) is 22.9 Å². The number of aliphatic hydroxyl groups excluding tert-OH is 1. The molecule has 20 heavy (non-hydrogen) atoms. The van der Waals surface area contributed by atoms with Crippen molar-refractivity contribution in [3.05, 3.63) is 63.9 Å². The minimum Gasteiger partial charge on any atom is -0.386 e. The Morgan fingerprint density at radius 1 is 1.10 bits per heavy atom. The second kappa shape index (κ2) is 5.93. The summed E-state index contributed by atoms with van der Waals surface area (Å²) in [4.78, 5) is 3.68. The van der Waals surface area contributed by atoms with Crippen molar-refractivity contribution in [3.63, 3.8) is 0 Å². The fourth-order valence-corrected chi connectivity index (χ4v) is 1.98. The van der Waals surface area contributed by atoms with Gasteiger partial charge in [-0.2, -0.15) is 13.2 Å². The molecular weight excluding hydrogens is 335 g/mol. The molecule has 106 valence electrons. The lowest BCUT2D eigenvalue weighted by atomic mass is 10.0. The van der Waals surface area contributed by atoms with Crippen LogP contribution in [0.2, 0.25) is 0 Å². The number of nitrogens with zero attached hydrogens (tertiary/aromatic N) is 1. The zero-order chi connectivity index (χ0) is 14.8. The average molecular weight is 346 g/mol. The van der Waals surface area contributed by atoms with E-state index in [1.165, 1.54) is 6.07 Å². The fourth-order valence-electron chi connectivity index (χ4n) is 1.72. The number of pyridine rings is 1. The van der Waals surface area contributed by atoms with E-state index in [0.717, 1.165) is 22.3 Å². The maximum Gasteiger partial charge on any atom is 0.417 e. The van der Waals surface area contributed by atoms with Crippen LogP contribution in [-0.4, -0.2) is 10.1 Å². The molecule has 1 aromatic heterocycles. The third-order valence-corrected chi connectivity index (χ3v) is 3.33. The first-order chi connectivity index (χ1) is 9.36. The number of hydrogen-bond acceptors (Lipinski definition) is 2. The summed E-state index contributed by atoms with van der Waals surface area (Å²) in [6, 6.07) is 9.46. The third kappa shape index (κ3) is 3.80. The van der Waals surface area contributed by atoms with Crippen molar-refractivity contribution in [2.45, 2.75) is 18.7 Å². The van der Waals surface area contributed by atoms with Crippen LogP contribution in [0.25, 0.3) is 0 Å². The quantitative estimate of drug-likeness (QED) is 0.906. The molecule has 0 saturated carbocycles. The molecule has 2 rings (SSSR count). The molecule has 0 aliphatic heterocycles. The summed E-state index contributed by atoms with van der Waals surface area (Å²) in [7, 11) is 0. The first kappa shape index (κ1) is 15.0. The summed E-state index contributed by atoms with van der Waals surface area (Å²) in [5, 5.41) is 9.98. The molecule has 0 aliphatic carbocycles. The number of rotatable bonds is 3. The van der Waals surface area contributed by atoms with E-state index in [1.54, 1.807) is 0 Å². The Balaban J connectivity index is 2.09. The van der Waals surface area contributed by atoms with E-state index in [1.807, 2.05) is 24.3 Å². The average Bonchev–Trinajstić information content (AvgIpc) is 2.40. The summed E-state index contributed by atoms with van der Waals surface area (Å²) in [6.07, 6.45) is -4.31. The summed E-state index contributed by atoms with van der Waals surface area (Å²) in [6.45, 7) is 0. The van der Waals surface area contributed by atoms with Crippen molar-refractivity contribution in [3.8, 4) is 0 Å². The van der Waals surface area contributed by atoms with Crippen molar-refractivity contribution in [2.24, 2.45) is 0 Å². The van der Waals surface area contributed by atoms with Gasteiger partial charge in [0.25, 0.3) is 0 Å². The topological polar surface area (TPSA) is 33.1 Å². The molecule has 0 spiro atoms. The van der Waals surface area contributed by atoms with Crippen LogP contribution in [0.3, 0.4) is 0 Å². The standard InChI is InChI=1S/C14H11BrF3NO/c15-11-4-1-9(2-5-11)7-13(20)12-6-3-10(8-19-12)14(16,17)18/h1-6,8,13,20H,7H2. The monoisotopic (exact) mass is 345 g/mol. The SMILES string of the molecule is OC(Cc1ccc(Br)cc1)c1ccc(C(F)(F)F)cn1. The van der Waals surface area contributed by atoms with Gasteiger partial charge in [-0.1, -0.05) is 28.1 Å². The fraction of sp³-hybridized carbons (Fsp3) is 0.214. The highest BCUT2D eigenvalue weighted by atomic mass is 79.9. The molecule has 0 aliphatic rings. The van der Waals surface area contributed by atoms with Crippen molar-refractivity contribution < 1.29 is 18.3 Å². The lowest BCUT2D eigenvalue weighted by Crippen LogP contribution is -2.08. The molecule has 6 heteroatoms. The van der Waals surface area contributed by atoms with E-state index in [-0.39, 0.29) is 5.69 Å². The zero-order valence-electron chi connectivity index (χ0n) is 10.2. The minimum absolute atomic E-state index is 0.223. The van der Waals surface area contributed by atoms with Crippen molar-refractivity contribution in [1.82, 2.24) is 4.98 Å². The minimum atomic E-state index is -4.41. The van der Waals surface area contributed by atoms with Gasteiger partial charge < -0.3 is 5.11 Å². The maximum absolute atomic E-state index is 12.4. The van der Waals surface area contributed by atoms with Crippen LogP contribution in [0.5, 0.6) is 0 Å². The Morgan fingerprint density at radius 3 is 2.25 bits per heavy atom. The third-order valence-electron chi connectivity index (χ3n) is 2.80.